The van der Waals surface area contributed by atoms with Crippen molar-refractivity contribution < 1.29 is 9.53 Å². The fourth-order valence-electron chi connectivity index (χ4n) is 4.38. The summed E-state index contributed by atoms with van der Waals surface area (Å²) >= 11 is 0. The molecule has 0 saturated carbocycles. The zero-order valence-corrected chi connectivity index (χ0v) is 16.2. The number of para-hydroxylation sites is 1. The van der Waals surface area contributed by atoms with Gasteiger partial charge in [-0.1, -0.05) is 50.3 Å². The maximum absolute atomic E-state index is 12.4. The average Bonchev–Trinajstić information content (AvgIpc) is 2.86. The van der Waals surface area contributed by atoms with Gasteiger partial charge in [-0.25, -0.2) is 0 Å². The number of carbonyl (C=O) groups is 1. The van der Waals surface area contributed by atoms with Crippen molar-refractivity contribution >= 4 is 17.7 Å². The van der Waals surface area contributed by atoms with Gasteiger partial charge in [0.15, 0.2) is 0 Å². The molecule has 0 aromatic heterocycles. The average molecular weight is 362 g/mol. The molecular formula is C23H26N2O2. The van der Waals surface area contributed by atoms with Gasteiger partial charge in [-0.3, -0.25) is 4.79 Å². The van der Waals surface area contributed by atoms with E-state index in [1.165, 1.54) is 11.3 Å². The highest BCUT2D eigenvalue weighted by Crippen LogP contribution is 2.52. The fraction of sp³-hybridized carbons (Fsp3) is 0.348. The molecule has 0 spiro atoms. The van der Waals surface area contributed by atoms with Gasteiger partial charge in [-0.05, 0) is 42.3 Å². The minimum Gasteiger partial charge on any atom is -0.494 e. The molecule has 27 heavy (non-hydrogen) atoms. The second-order valence-corrected chi connectivity index (χ2v) is 7.69. The summed E-state index contributed by atoms with van der Waals surface area (Å²) in [6, 6.07) is 16.5. The lowest BCUT2D eigenvalue weighted by Gasteiger charge is -2.49. The van der Waals surface area contributed by atoms with Gasteiger partial charge in [0, 0.05) is 24.1 Å². The maximum Gasteiger partial charge on any atom is 0.223 e. The first-order valence-electron chi connectivity index (χ1n) is 9.58. The summed E-state index contributed by atoms with van der Waals surface area (Å²) in [6.45, 7) is 7.78. The van der Waals surface area contributed by atoms with Crippen molar-refractivity contribution in [1.82, 2.24) is 5.32 Å². The molecule has 2 aliphatic rings. The molecule has 4 rings (SSSR count). The van der Waals surface area contributed by atoms with Crippen LogP contribution in [-0.2, 0) is 10.2 Å². The quantitative estimate of drug-likeness (QED) is 0.890. The second kappa shape index (κ2) is 6.45. The molecule has 1 N–H and O–H groups in total. The van der Waals surface area contributed by atoms with Crippen molar-refractivity contribution in [3.63, 3.8) is 0 Å². The van der Waals surface area contributed by atoms with Crippen molar-refractivity contribution in [2.45, 2.75) is 38.3 Å². The zero-order chi connectivity index (χ0) is 19.1. The van der Waals surface area contributed by atoms with E-state index in [1.54, 1.807) is 0 Å². The molecule has 4 heteroatoms. The van der Waals surface area contributed by atoms with Crippen LogP contribution < -0.4 is 15.0 Å². The Labute approximate surface area is 160 Å². The van der Waals surface area contributed by atoms with E-state index in [0.29, 0.717) is 13.0 Å². The zero-order valence-electron chi connectivity index (χ0n) is 16.2. The molecule has 0 bridgehead atoms. The smallest absolute Gasteiger partial charge is 0.223 e. The minimum absolute atomic E-state index is 0.100. The van der Waals surface area contributed by atoms with Gasteiger partial charge < -0.3 is 15.0 Å². The van der Waals surface area contributed by atoms with E-state index in [1.807, 2.05) is 31.2 Å². The summed E-state index contributed by atoms with van der Waals surface area (Å²) in [5.41, 5.74) is 2.74. The van der Waals surface area contributed by atoms with Gasteiger partial charge in [0.25, 0.3) is 0 Å². The predicted octanol–water partition coefficient (Wildman–Crippen LogP) is 4.11. The number of nitrogens with one attached hydrogen (secondary N) is 1. The lowest BCUT2D eigenvalue weighted by molar-refractivity contribution is -0.124. The number of ether oxygens (including phenoxy) is 1. The molecule has 4 nitrogen and oxygen atoms in total. The van der Waals surface area contributed by atoms with Crippen LogP contribution in [0.2, 0.25) is 0 Å². The van der Waals surface area contributed by atoms with Crippen LogP contribution in [0.5, 0.6) is 5.75 Å². The van der Waals surface area contributed by atoms with Gasteiger partial charge in [-0.15, -0.1) is 0 Å². The highest BCUT2D eigenvalue weighted by atomic mass is 16.5. The van der Waals surface area contributed by atoms with Gasteiger partial charge in [0.05, 0.1) is 6.61 Å². The molecule has 1 amide bonds. The Morgan fingerprint density at radius 2 is 1.89 bits per heavy atom. The third kappa shape index (κ3) is 2.71. The Bertz CT molecular complexity index is 886. The van der Waals surface area contributed by atoms with E-state index >= 15 is 0 Å². The van der Waals surface area contributed by atoms with Crippen LogP contribution in [-0.4, -0.2) is 24.7 Å². The predicted molar refractivity (Wildman–Crippen MR) is 109 cm³/mol. The first-order chi connectivity index (χ1) is 13.0. The third-order valence-corrected chi connectivity index (χ3v) is 5.85. The fourth-order valence-corrected chi connectivity index (χ4v) is 4.38. The second-order valence-electron chi connectivity index (χ2n) is 7.69. The van der Waals surface area contributed by atoms with Crippen molar-refractivity contribution in [3.05, 3.63) is 65.7 Å². The minimum atomic E-state index is -0.565. The number of rotatable bonds is 4. The van der Waals surface area contributed by atoms with E-state index in [9.17, 15) is 4.79 Å². The summed E-state index contributed by atoms with van der Waals surface area (Å²) in [4.78, 5) is 14.7. The SMILES string of the molecule is CCOc1ccc(C=CC23NC(=O)CCN2c2ccccc2C3(C)C)cc1. The molecule has 1 atom stereocenters. The van der Waals surface area contributed by atoms with Crippen LogP contribution in [0.1, 0.15) is 38.3 Å². The number of amides is 1. The van der Waals surface area contributed by atoms with Crippen molar-refractivity contribution in [3.8, 4) is 5.75 Å². The standard InChI is InChI=1S/C23H26N2O2/c1-4-27-18-11-9-17(10-12-18)13-15-23-22(2,3)19-7-5-6-8-20(19)25(23)16-14-21(26)24-23/h5-13,15H,4,14,16H2,1-3H3,(H,24,26). The van der Waals surface area contributed by atoms with Gasteiger partial charge in [-0.2, -0.15) is 0 Å². The molecule has 2 heterocycles. The van der Waals surface area contributed by atoms with Crippen LogP contribution in [0, 0.1) is 0 Å². The Morgan fingerprint density at radius 1 is 1.15 bits per heavy atom. The van der Waals surface area contributed by atoms with Crippen molar-refractivity contribution in [2.75, 3.05) is 18.1 Å². The molecule has 1 saturated heterocycles. The Hall–Kier alpha value is -2.75. The van der Waals surface area contributed by atoms with Crippen LogP contribution >= 0.6 is 0 Å². The van der Waals surface area contributed by atoms with Crippen LogP contribution in [0.4, 0.5) is 5.69 Å². The lowest BCUT2D eigenvalue weighted by Crippen LogP contribution is -2.68. The van der Waals surface area contributed by atoms with Gasteiger partial charge in [0.2, 0.25) is 5.91 Å². The van der Waals surface area contributed by atoms with E-state index in [-0.39, 0.29) is 11.3 Å². The van der Waals surface area contributed by atoms with Crippen molar-refractivity contribution in [2.24, 2.45) is 0 Å². The number of hydrogen-bond donors (Lipinski definition) is 1. The lowest BCUT2D eigenvalue weighted by atomic mass is 9.74. The summed E-state index contributed by atoms with van der Waals surface area (Å²) in [5.74, 6) is 0.970. The van der Waals surface area contributed by atoms with Crippen LogP contribution in [0.15, 0.2) is 54.6 Å². The Morgan fingerprint density at radius 3 is 2.63 bits per heavy atom. The number of benzene rings is 2. The number of hydrogen-bond acceptors (Lipinski definition) is 3. The number of nitrogens with zero attached hydrogens (tertiary/aromatic N) is 1. The molecule has 1 unspecified atom stereocenters. The summed E-state index contributed by atoms with van der Waals surface area (Å²) in [7, 11) is 0. The largest absolute Gasteiger partial charge is 0.494 e. The first kappa shape index (κ1) is 17.7. The molecular weight excluding hydrogens is 336 g/mol. The molecule has 0 radical (unpaired) electrons. The summed E-state index contributed by atoms with van der Waals surface area (Å²) in [5, 5.41) is 3.31. The number of anilines is 1. The first-order valence-corrected chi connectivity index (χ1v) is 9.58. The summed E-state index contributed by atoms with van der Waals surface area (Å²) in [6.07, 6.45) is 4.77. The maximum atomic E-state index is 12.4. The van der Waals surface area contributed by atoms with Gasteiger partial charge in [0.1, 0.15) is 11.4 Å². The van der Waals surface area contributed by atoms with Crippen LogP contribution in [0.25, 0.3) is 6.08 Å². The third-order valence-electron chi connectivity index (χ3n) is 5.85. The van der Waals surface area contributed by atoms with Crippen molar-refractivity contribution in [1.29, 1.82) is 0 Å². The Balaban J connectivity index is 1.74. The molecule has 2 aliphatic heterocycles. The molecule has 2 aromatic carbocycles. The molecule has 140 valence electrons. The van der Waals surface area contributed by atoms with E-state index in [2.05, 4.69) is 60.5 Å². The van der Waals surface area contributed by atoms with E-state index < -0.39 is 5.66 Å². The highest BCUT2D eigenvalue weighted by molar-refractivity contribution is 5.84. The van der Waals surface area contributed by atoms with E-state index in [0.717, 1.165) is 17.9 Å². The molecule has 2 aromatic rings. The normalized spacial score (nSPS) is 23.1. The summed E-state index contributed by atoms with van der Waals surface area (Å²) < 4.78 is 5.52. The Kier molecular flexibility index (Phi) is 4.22. The van der Waals surface area contributed by atoms with E-state index in [4.69, 9.17) is 4.74 Å². The van der Waals surface area contributed by atoms with Gasteiger partial charge >= 0.3 is 0 Å². The van der Waals surface area contributed by atoms with Crippen LogP contribution in [0.3, 0.4) is 0 Å². The number of carbonyl (C=O) groups excluding carboxylic acids is 1. The molecule has 1 fully saturated rings. The topological polar surface area (TPSA) is 41.6 Å². The molecule has 0 aliphatic carbocycles. The highest BCUT2D eigenvalue weighted by Gasteiger charge is 2.57. The number of fused-ring (bicyclic) bond motifs is 3. The monoisotopic (exact) mass is 362 g/mol.